The van der Waals surface area contributed by atoms with Crippen LogP contribution in [0.15, 0.2) is 30.3 Å². The number of carbonyl (C=O) groups excluding carboxylic acids is 2. The van der Waals surface area contributed by atoms with Gasteiger partial charge in [0.05, 0.1) is 14.2 Å². The van der Waals surface area contributed by atoms with Crippen LogP contribution in [0.25, 0.3) is 0 Å². The third-order valence-corrected chi connectivity index (χ3v) is 3.71. The van der Waals surface area contributed by atoms with Crippen LogP contribution in [-0.4, -0.2) is 32.6 Å². The maximum Gasteiger partial charge on any atom is 0.255 e. The maximum absolute atomic E-state index is 12.6. The second-order valence-electron chi connectivity index (χ2n) is 5.74. The van der Waals surface area contributed by atoms with Crippen LogP contribution >= 0.6 is 0 Å². The second-order valence-corrected chi connectivity index (χ2v) is 5.74. The summed E-state index contributed by atoms with van der Waals surface area (Å²) in [7, 11) is 2.86. The molecule has 0 aliphatic carbocycles. The third-order valence-electron chi connectivity index (χ3n) is 3.71. The quantitative estimate of drug-likeness (QED) is 0.792. The number of anilines is 1. The Kier molecular flexibility index (Phi) is 6.06. The molecule has 7 nitrogen and oxygen atoms in total. The van der Waals surface area contributed by atoms with Gasteiger partial charge in [0, 0.05) is 11.3 Å². The molecule has 0 fully saturated rings. The van der Waals surface area contributed by atoms with Crippen molar-refractivity contribution in [1.29, 1.82) is 0 Å². The molecule has 0 spiro atoms. The molecule has 0 aliphatic rings. The van der Waals surface area contributed by atoms with Crippen molar-refractivity contribution < 1.29 is 23.8 Å². The molecule has 0 saturated carbocycles. The Morgan fingerprint density at radius 2 is 1.65 bits per heavy atom. The van der Waals surface area contributed by atoms with Crippen molar-refractivity contribution in [2.75, 3.05) is 26.1 Å². The van der Waals surface area contributed by atoms with Gasteiger partial charge in [0.25, 0.3) is 11.8 Å². The Hall–Kier alpha value is -3.22. The summed E-state index contributed by atoms with van der Waals surface area (Å²) in [6.45, 7) is 3.57. The first kappa shape index (κ1) is 19.1. The number of nitrogens with two attached hydrogens (primary N) is 1. The van der Waals surface area contributed by atoms with Gasteiger partial charge in [-0.15, -0.1) is 0 Å². The Morgan fingerprint density at radius 1 is 1.04 bits per heavy atom. The van der Waals surface area contributed by atoms with Gasteiger partial charge in [-0.1, -0.05) is 17.7 Å². The van der Waals surface area contributed by atoms with Gasteiger partial charge in [-0.3, -0.25) is 9.59 Å². The number of carbonyl (C=O) groups is 2. The number of benzene rings is 2. The summed E-state index contributed by atoms with van der Waals surface area (Å²) in [5.41, 5.74) is 8.21. The molecule has 26 heavy (non-hydrogen) atoms. The Balaban J connectivity index is 2.33. The van der Waals surface area contributed by atoms with E-state index in [-0.39, 0.29) is 29.8 Å². The van der Waals surface area contributed by atoms with E-state index in [0.29, 0.717) is 11.3 Å². The first-order chi connectivity index (χ1) is 12.3. The fourth-order valence-electron chi connectivity index (χ4n) is 2.44. The summed E-state index contributed by atoms with van der Waals surface area (Å²) < 4.78 is 15.9. The number of hydrogen-bond acceptors (Lipinski definition) is 5. The molecule has 0 aliphatic heterocycles. The lowest BCUT2D eigenvalue weighted by Crippen LogP contribution is -2.20. The van der Waals surface area contributed by atoms with Crippen LogP contribution in [-0.2, 0) is 4.79 Å². The lowest BCUT2D eigenvalue weighted by atomic mass is 10.1. The predicted octanol–water partition coefficient (Wildman–Crippen LogP) is 2.44. The largest absolute Gasteiger partial charge is 0.493 e. The highest BCUT2D eigenvalue weighted by molar-refractivity contribution is 6.05. The van der Waals surface area contributed by atoms with Crippen molar-refractivity contribution in [3.8, 4) is 17.2 Å². The van der Waals surface area contributed by atoms with E-state index in [2.05, 4.69) is 5.32 Å². The lowest BCUT2D eigenvalue weighted by molar-refractivity contribution is -0.120. The van der Waals surface area contributed by atoms with Crippen LogP contribution in [0.5, 0.6) is 17.2 Å². The van der Waals surface area contributed by atoms with Crippen LogP contribution < -0.4 is 25.3 Å². The minimum atomic E-state index is -0.634. The van der Waals surface area contributed by atoms with Gasteiger partial charge in [-0.05, 0) is 37.6 Å². The van der Waals surface area contributed by atoms with Crippen molar-refractivity contribution in [3.63, 3.8) is 0 Å². The smallest absolute Gasteiger partial charge is 0.255 e. The summed E-state index contributed by atoms with van der Waals surface area (Å²) >= 11 is 0. The molecule has 138 valence electrons. The SMILES string of the molecule is COc1cc(C(=O)Nc2ccc(C)cc2C)cc(OC)c1OCC(N)=O. The summed E-state index contributed by atoms with van der Waals surface area (Å²) in [5, 5.41) is 2.86. The minimum absolute atomic E-state index is 0.205. The lowest BCUT2D eigenvalue weighted by Gasteiger charge is -2.16. The second kappa shape index (κ2) is 8.24. The molecular formula is C19H22N2O5. The molecular weight excluding hydrogens is 336 g/mol. The summed E-state index contributed by atoms with van der Waals surface area (Å²) in [6.07, 6.45) is 0. The Labute approximate surface area is 152 Å². The number of hydrogen-bond donors (Lipinski definition) is 2. The average molecular weight is 358 g/mol. The van der Waals surface area contributed by atoms with Gasteiger partial charge in [-0.25, -0.2) is 0 Å². The first-order valence-electron chi connectivity index (χ1n) is 7.91. The van der Waals surface area contributed by atoms with E-state index in [1.165, 1.54) is 26.4 Å². The summed E-state index contributed by atoms with van der Waals surface area (Å²) in [5.74, 6) is -0.231. The molecule has 2 aromatic carbocycles. The van der Waals surface area contributed by atoms with Crippen molar-refractivity contribution in [2.24, 2.45) is 5.73 Å². The van der Waals surface area contributed by atoms with Crippen LogP contribution in [0.4, 0.5) is 5.69 Å². The molecule has 2 amide bonds. The number of rotatable bonds is 7. The van der Waals surface area contributed by atoms with Crippen LogP contribution in [0.3, 0.4) is 0 Å². The highest BCUT2D eigenvalue weighted by atomic mass is 16.5. The van der Waals surface area contributed by atoms with E-state index >= 15 is 0 Å². The Bertz CT molecular complexity index is 808. The van der Waals surface area contributed by atoms with Crippen molar-refractivity contribution in [2.45, 2.75) is 13.8 Å². The first-order valence-corrected chi connectivity index (χ1v) is 7.91. The zero-order chi connectivity index (χ0) is 19.3. The van der Waals surface area contributed by atoms with Gasteiger partial charge in [0.2, 0.25) is 5.75 Å². The van der Waals surface area contributed by atoms with Gasteiger partial charge < -0.3 is 25.3 Å². The number of nitrogens with one attached hydrogen (secondary N) is 1. The molecule has 2 rings (SSSR count). The van der Waals surface area contributed by atoms with Crippen molar-refractivity contribution in [1.82, 2.24) is 0 Å². The van der Waals surface area contributed by atoms with E-state index in [1.54, 1.807) is 0 Å². The number of ether oxygens (including phenoxy) is 3. The fraction of sp³-hybridized carbons (Fsp3) is 0.263. The molecule has 7 heteroatoms. The van der Waals surface area contributed by atoms with E-state index in [4.69, 9.17) is 19.9 Å². The highest BCUT2D eigenvalue weighted by Crippen LogP contribution is 2.38. The monoisotopic (exact) mass is 358 g/mol. The van der Waals surface area contributed by atoms with Gasteiger partial charge in [0.1, 0.15) is 0 Å². The molecule has 0 radical (unpaired) electrons. The third kappa shape index (κ3) is 4.44. The standard InChI is InChI=1S/C19H22N2O5/c1-11-5-6-14(12(2)7-11)21-19(23)13-8-15(24-3)18(16(9-13)25-4)26-10-17(20)22/h5-9H,10H2,1-4H3,(H2,20,22)(H,21,23). The molecule has 0 aromatic heterocycles. The number of amides is 2. The zero-order valence-electron chi connectivity index (χ0n) is 15.2. The van der Waals surface area contributed by atoms with Crippen LogP contribution in [0.2, 0.25) is 0 Å². The fourth-order valence-corrected chi connectivity index (χ4v) is 2.44. The predicted molar refractivity (Wildman–Crippen MR) is 98.1 cm³/mol. The highest BCUT2D eigenvalue weighted by Gasteiger charge is 2.18. The molecule has 0 bridgehead atoms. The van der Waals surface area contributed by atoms with Gasteiger partial charge >= 0.3 is 0 Å². The molecule has 0 saturated heterocycles. The van der Waals surface area contributed by atoms with Crippen LogP contribution in [0.1, 0.15) is 21.5 Å². The van der Waals surface area contributed by atoms with Gasteiger partial charge in [0.15, 0.2) is 18.1 Å². The number of methoxy groups -OCH3 is 2. The van der Waals surface area contributed by atoms with Crippen molar-refractivity contribution >= 4 is 17.5 Å². The van der Waals surface area contributed by atoms with Crippen LogP contribution in [0, 0.1) is 13.8 Å². The summed E-state index contributed by atoms with van der Waals surface area (Å²) in [6, 6.07) is 8.78. The molecule has 3 N–H and O–H groups in total. The summed E-state index contributed by atoms with van der Waals surface area (Å²) in [4.78, 5) is 23.6. The van der Waals surface area contributed by atoms with E-state index in [1.807, 2.05) is 32.0 Å². The topological polar surface area (TPSA) is 99.9 Å². The molecule has 0 heterocycles. The minimum Gasteiger partial charge on any atom is -0.493 e. The van der Waals surface area contributed by atoms with Crippen molar-refractivity contribution in [3.05, 3.63) is 47.0 Å². The number of aryl methyl sites for hydroxylation is 2. The van der Waals surface area contributed by atoms with E-state index in [9.17, 15) is 9.59 Å². The zero-order valence-corrected chi connectivity index (χ0v) is 15.2. The molecule has 2 aromatic rings. The molecule has 0 unspecified atom stereocenters. The normalized spacial score (nSPS) is 10.2. The average Bonchev–Trinajstić information content (AvgIpc) is 2.61. The van der Waals surface area contributed by atoms with E-state index < -0.39 is 5.91 Å². The van der Waals surface area contributed by atoms with Gasteiger partial charge in [-0.2, -0.15) is 0 Å². The van der Waals surface area contributed by atoms with E-state index in [0.717, 1.165) is 11.1 Å². The molecule has 0 atom stereocenters. The maximum atomic E-state index is 12.6. The number of primary amides is 1. The Morgan fingerprint density at radius 3 is 2.15 bits per heavy atom.